The summed E-state index contributed by atoms with van der Waals surface area (Å²) in [6, 6.07) is -1.10. The Balaban J connectivity index is 1.38. The highest BCUT2D eigenvalue weighted by atomic mass is 33.5. The van der Waals surface area contributed by atoms with Gasteiger partial charge in [-0.25, -0.2) is 0 Å². The predicted octanol–water partition coefficient (Wildman–Crippen LogP) is 1.18. The van der Waals surface area contributed by atoms with E-state index in [0.717, 1.165) is 0 Å². The van der Waals surface area contributed by atoms with E-state index in [-0.39, 0.29) is 61.7 Å². The van der Waals surface area contributed by atoms with E-state index in [2.05, 4.69) is 37.2 Å². The topological polar surface area (TPSA) is 385 Å². The lowest BCUT2D eigenvalue weighted by Gasteiger charge is -2.55. The molecule has 7 aliphatic rings. The molecule has 31 heteroatoms. The summed E-state index contributed by atoms with van der Waals surface area (Å²) in [6.45, 7) is 2.18. The number of aliphatic carboxylic acids is 2. The Bertz CT molecular complexity index is 2740. The summed E-state index contributed by atoms with van der Waals surface area (Å²) in [5, 5.41) is 72.8. The molecule has 85 heavy (non-hydrogen) atoms. The van der Waals surface area contributed by atoms with E-state index in [1.807, 2.05) is 0 Å². The molecule has 9 rings (SSSR count). The molecule has 0 radical (unpaired) electrons. The summed E-state index contributed by atoms with van der Waals surface area (Å²) in [5.74, 6) is -8.10. The van der Waals surface area contributed by atoms with Crippen molar-refractivity contribution in [1.29, 1.82) is 0 Å². The molecule has 6 heterocycles. The van der Waals surface area contributed by atoms with Gasteiger partial charge in [-0.1, -0.05) is 89.0 Å². The largest absolute Gasteiger partial charge is 0.508 e. The number of nitrogens with zero attached hydrogens (tertiary/aromatic N) is 1. The Hall–Kier alpha value is -4.41. The van der Waals surface area contributed by atoms with Gasteiger partial charge in [0.25, 0.3) is 0 Å². The number of phenols is 2. The van der Waals surface area contributed by atoms with Gasteiger partial charge in [0, 0.05) is 59.7 Å². The number of nitrogens with two attached hydrogens (primary N) is 1. The molecule has 7 fully saturated rings. The number of Topliss-reactive ketones (excluding diaryl/α,β-unsaturated/α-hetero) is 3. The number of aliphatic hydroxyl groups excluding tert-OH is 1. The predicted molar refractivity (Wildman–Crippen MR) is 332 cm³/mol. The number of aliphatic hydroxyl groups is 1. The normalized spacial score (nSPS) is 30.9. The van der Waals surface area contributed by atoms with Gasteiger partial charge < -0.3 is 62.8 Å². The van der Waals surface area contributed by atoms with Crippen molar-refractivity contribution in [3.05, 3.63) is 59.7 Å². The summed E-state index contributed by atoms with van der Waals surface area (Å²) in [7, 11) is 9.23. The molecule has 0 aromatic heterocycles. The number of phenolic OH excluding ortho intramolecular Hbond substituents is 2. The van der Waals surface area contributed by atoms with E-state index in [1.165, 1.54) is 118 Å². The number of carbonyl (C=O) groups excluding carboxylic acids is 8. The van der Waals surface area contributed by atoms with Crippen LogP contribution in [0, 0.1) is 5.92 Å². The second-order valence-electron chi connectivity index (χ2n) is 21.7. The Labute approximate surface area is 519 Å². The standard InChI is InChI=1S/C54H73N9O15S7/c1-27-46(71)40-25-81-80-23-31-15-17-79-83-26-54(84-85-82-24-39(42(67)22-56-51(75)45(60-40)28(2)64)59-38(53(77)78)19-30-7-11-33(66)12-8-30)21-34(48(54)61-37(20-43(55)68)52(76)63-16-3-4-41(63)50(74)57-27)47(72)36(18-29-5-9-32(65)10-6-29)62-49(73)35(58-31)13-14-44(69)70/h5-12,27-28,31,34-41,45,48,58-61,64-66H,3-4,13-26H2,1-2H3,(H2,55,68)(H,56,75)(H,57,74)(H,62,73)(H,69,70)(H,77,78)/t27-,28+,31?,34?,35-,36-,37-,38-,39?,40?,41-,45-,48?,54?/m0/s1. The molecule has 14 N–H and O–H groups in total. The minimum atomic E-state index is -1.53. The minimum absolute atomic E-state index is 0.0424. The van der Waals surface area contributed by atoms with Crippen LogP contribution in [0.2, 0.25) is 0 Å². The van der Waals surface area contributed by atoms with E-state index < -0.39 is 161 Å². The zero-order chi connectivity index (χ0) is 61.5. The monoisotopic (exact) mass is 1310 g/mol. The first kappa shape index (κ1) is 68.1. The van der Waals surface area contributed by atoms with Crippen LogP contribution in [-0.4, -0.2) is 208 Å². The number of carboxylic acids is 2. The molecule has 24 nitrogen and oxygen atoms in total. The van der Waals surface area contributed by atoms with Crippen molar-refractivity contribution < 1.29 is 73.5 Å². The zero-order valence-corrected chi connectivity index (χ0v) is 52.4. The van der Waals surface area contributed by atoms with Crippen LogP contribution >= 0.6 is 74.6 Å². The first-order valence-corrected chi connectivity index (χ1v) is 36.4. The Morgan fingerprint density at radius 1 is 0.788 bits per heavy atom. The van der Waals surface area contributed by atoms with Gasteiger partial charge in [0.05, 0.1) is 60.1 Å². The van der Waals surface area contributed by atoms with Crippen LogP contribution in [0.25, 0.3) is 0 Å². The number of rotatable bonds is 13. The lowest BCUT2D eigenvalue weighted by atomic mass is 9.65. The van der Waals surface area contributed by atoms with E-state index in [4.69, 9.17) is 5.73 Å². The molecule has 2 aromatic rings. The van der Waals surface area contributed by atoms with Gasteiger partial charge in [0.1, 0.15) is 29.6 Å². The molecule has 2 aromatic carbocycles. The van der Waals surface area contributed by atoms with Crippen molar-refractivity contribution in [2.45, 2.75) is 149 Å². The highest BCUT2D eigenvalue weighted by Crippen LogP contribution is 2.58. The summed E-state index contributed by atoms with van der Waals surface area (Å²) >= 11 is 0. The van der Waals surface area contributed by atoms with Crippen molar-refractivity contribution >= 4 is 133 Å². The molecule has 1 saturated carbocycles. The molecule has 6 saturated heterocycles. The lowest BCUT2D eigenvalue weighted by Crippen LogP contribution is -2.71. The van der Waals surface area contributed by atoms with Crippen molar-refractivity contribution in [1.82, 2.24) is 42.1 Å². The molecule has 6 aliphatic heterocycles. The number of fused-ring (bicyclic) bond motifs is 23. The summed E-state index contributed by atoms with van der Waals surface area (Å²) < 4.78 is -1.000. The third kappa shape index (κ3) is 19.1. The van der Waals surface area contributed by atoms with Crippen LogP contribution in [0.5, 0.6) is 11.5 Å². The maximum Gasteiger partial charge on any atom is 0.321 e. The zero-order valence-electron chi connectivity index (χ0n) is 46.6. The molecular weight excluding hydrogens is 1240 g/mol. The number of carboxylic acid groups (broad SMARTS) is 2. The second kappa shape index (κ2) is 32.2. The number of hydrogen-bond donors (Lipinski definition) is 13. The molecule has 14 atom stereocenters. The van der Waals surface area contributed by atoms with Gasteiger partial charge in [-0.15, -0.1) is 0 Å². The van der Waals surface area contributed by atoms with Gasteiger partial charge in [0.2, 0.25) is 29.5 Å². The lowest BCUT2D eigenvalue weighted by molar-refractivity contribution is -0.143. The second-order valence-corrected chi connectivity index (χ2v) is 31.4. The van der Waals surface area contributed by atoms with Gasteiger partial charge in [-0.2, -0.15) is 0 Å². The van der Waals surface area contributed by atoms with Crippen LogP contribution in [0.4, 0.5) is 0 Å². The van der Waals surface area contributed by atoms with Crippen molar-refractivity contribution in [3.8, 4) is 11.5 Å². The minimum Gasteiger partial charge on any atom is -0.508 e. The Kier molecular flexibility index (Phi) is 25.8. The first-order valence-electron chi connectivity index (χ1n) is 27.8. The first-order chi connectivity index (χ1) is 40.5. The average molecular weight is 1310 g/mol. The summed E-state index contributed by atoms with van der Waals surface area (Å²) in [6.07, 6.45) is -1.70. The fraction of sp³-hybridized carbons (Fsp3) is 0.593. The molecule has 1 aliphatic carbocycles. The van der Waals surface area contributed by atoms with E-state index in [0.29, 0.717) is 41.2 Å². The smallest absolute Gasteiger partial charge is 0.321 e. The van der Waals surface area contributed by atoms with Gasteiger partial charge in [-0.3, -0.25) is 58.6 Å². The molecule has 466 valence electrons. The van der Waals surface area contributed by atoms with Crippen molar-refractivity contribution in [2.75, 3.05) is 41.9 Å². The highest BCUT2D eigenvalue weighted by molar-refractivity contribution is 9.09. The number of benzene rings is 2. The molecular formula is C54H73N9O15S7. The fourth-order valence-electron chi connectivity index (χ4n) is 10.8. The van der Waals surface area contributed by atoms with Gasteiger partial charge >= 0.3 is 11.9 Å². The number of ketones is 3. The highest BCUT2D eigenvalue weighted by Gasteiger charge is 2.59. The van der Waals surface area contributed by atoms with E-state index >= 15 is 9.59 Å². The molecule has 5 amide bonds. The summed E-state index contributed by atoms with van der Waals surface area (Å²) in [5.41, 5.74) is 7.00. The van der Waals surface area contributed by atoms with Crippen molar-refractivity contribution in [3.63, 3.8) is 0 Å². The maximum atomic E-state index is 15.6. The van der Waals surface area contributed by atoms with Crippen LogP contribution in [-0.2, 0) is 60.8 Å². The van der Waals surface area contributed by atoms with Crippen LogP contribution in [0.15, 0.2) is 48.5 Å². The fourth-order valence-corrected chi connectivity index (χ4v) is 21.9. The number of amides is 5. The molecule has 5 bridgehead atoms. The van der Waals surface area contributed by atoms with Gasteiger partial charge in [0.15, 0.2) is 17.3 Å². The van der Waals surface area contributed by atoms with Crippen LogP contribution in [0.1, 0.15) is 69.9 Å². The SMILES string of the molecule is C[C@@H]1NC(=O)[C@@H]2CCCN2C(=O)[C@H](CC(N)=O)NC2C3CC24CSSCCC(CSSCC(N[C@@H]([C@@H](C)O)C(=O)NCC(=O)C(N[C@@H](Cc2ccc(O)cc2)C(=O)O)CSSS4)C1=O)N[C@@H](CCC(=O)O)C(=O)N[C@@H](Cc1ccc(O)cc1)C3=O. The van der Waals surface area contributed by atoms with Crippen molar-refractivity contribution in [2.24, 2.45) is 11.7 Å². The van der Waals surface area contributed by atoms with E-state index in [9.17, 15) is 63.9 Å². The number of nitrogens with one attached hydrogen (secondary N) is 7. The van der Waals surface area contributed by atoms with E-state index in [1.54, 1.807) is 24.3 Å². The number of primary amides is 1. The maximum absolute atomic E-state index is 15.6. The number of hydrogen-bond acceptors (Lipinski definition) is 24. The van der Waals surface area contributed by atoms with Gasteiger partial charge in [-0.05, 0) is 104 Å². The quantitative estimate of drug-likeness (QED) is 0.125. The summed E-state index contributed by atoms with van der Waals surface area (Å²) in [4.78, 5) is 143. The third-order valence-electron chi connectivity index (χ3n) is 15.4. The Morgan fingerprint density at radius 2 is 1.48 bits per heavy atom. The number of carbonyl (C=O) groups is 10. The van der Waals surface area contributed by atoms with Crippen LogP contribution < -0.4 is 43.0 Å². The Morgan fingerprint density at radius 3 is 2.15 bits per heavy atom. The number of aromatic hydroxyl groups is 2. The third-order valence-corrected chi connectivity index (χ3v) is 25.6. The van der Waals surface area contributed by atoms with Crippen LogP contribution in [0.3, 0.4) is 0 Å². The molecule has 1 spiro atoms. The molecule has 6 unspecified atom stereocenters. The average Bonchev–Trinajstić information content (AvgIpc) is 1.80.